The Kier molecular flexibility index (Phi) is 5.03. The monoisotopic (exact) mass is 353 g/mol. The minimum Gasteiger partial charge on any atom is -0.287 e. The third kappa shape index (κ3) is 3.38. The molecule has 0 aliphatic rings. The van der Waals surface area contributed by atoms with Crippen molar-refractivity contribution in [2.75, 3.05) is 0 Å². The molecule has 0 atom stereocenters. The fraction of sp³-hybridized carbons (Fsp3) is 0.0556. The zero-order valence-corrected chi connectivity index (χ0v) is 13.5. The first kappa shape index (κ1) is 15.9. The predicted molar refractivity (Wildman–Crippen MR) is 90.0 cm³/mol. The Morgan fingerprint density at radius 2 is 1.68 bits per heavy atom. The molecule has 0 aliphatic carbocycles. The molecule has 0 saturated heterocycles. The van der Waals surface area contributed by atoms with Gasteiger partial charge in [0.05, 0.1) is 11.6 Å². The summed E-state index contributed by atoms with van der Waals surface area (Å²) in [5, 5.41) is 11.0. The molecule has 22 heavy (non-hydrogen) atoms. The van der Waals surface area contributed by atoms with E-state index in [9.17, 15) is 4.79 Å². The van der Waals surface area contributed by atoms with Gasteiger partial charge < -0.3 is 0 Å². The molecule has 4 heteroatoms. The maximum Gasteiger partial charge on any atom is 0.227 e. The Bertz CT molecular complexity index is 851. The van der Waals surface area contributed by atoms with Crippen molar-refractivity contribution in [2.45, 2.75) is 6.54 Å². The summed E-state index contributed by atoms with van der Waals surface area (Å²) in [6.07, 6.45) is 3.50. The van der Waals surface area contributed by atoms with E-state index in [0.29, 0.717) is 11.1 Å². The van der Waals surface area contributed by atoms with E-state index in [1.165, 1.54) is 0 Å². The standard InChI is InChI=1S/C18H13N2O.BrH/c19-12-14-7-9-20(10-8-14)13-18(21)17-6-5-15-3-1-2-4-16(15)11-17;/h1-11H,13H2;1H/q+1;. The van der Waals surface area contributed by atoms with E-state index in [4.69, 9.17) is 5.26 Å². The molecule has 0 aliphatic heterocycles. The van der Waals surface area contributed by atoms with Gasteiger partial charge >= 0.3 is 0 Å². The molecule has 108 valence electrons. The maximum atomic E-state index is 12.3. The Morgan fingerprint density at radius 3 is 2.36 bits per heavy atom. The van der Waals surface area contributed by atoms with Crippen LogP contribution in [-0.4, -0.2) is 5.78 Å². The largest absolute Gasteiger partial charge is 0.287 e. The molecular formula is C18H14BrN2O+. The van der Waals surface area contributed by atoms with Crippen molar-refractivity contribution in [2.24, 2.45) is 0 Å². The van der Waals surface area contributed by atoms with Crippen LogP contribution in [0.5, 0.6) is 0 Å². The van der Waals surface area contributed by atoms with Gasteiger partial charge in [-0.3, -0.25) is 4.79 Å². The van der Waals surface area contributed by atoms with Crippen molar-refractivity contribution in [3.8, 4) is 6.07 Å². The molecule has 3 rings (SSSR count). The number of pyridine rings is 1. The fourth-order valence-electron chi connectivity index (χ4n) is 2.26. The summed E-state index contributed by atoms with van der Waals surface area (Å²) >= 11 is 0. The number of hydrogen-bond donors (Lipinski definition) is 0. The Balaban J connectivity index is 0.00000176. The number of aromatic nitrogens is 1. The Labute approximate surface area is 139 Å². The number of ketones is 1. The predicted octanol–water partition coefficient (Wildman–Crippen LogP) is 3.46. The molecule has 3 aromatic rings. The number of Topliss-reactive ketones (excluding diaryl/α,β-unsaturated/α-hetero) is 1. The minimum atomic E-state index is 0. The Morgan fingerprint density at radius 1 is 1.00 bits per heavy atom. The van der Waals surface area contributed by atoms with Gasteiger partial charge in [0.1, 0.15) is 0 Å². The van der Waals surface area contributed by atoms with E-state index in [1.807, 2.05) is 42.5 Å². The number of halogens is 1. The smallest absolute Gasteiger partial charge is 0.227 e. The van der Waals surface area contributed by atoms with Crippen molar-refractivity contribution in [1.29, 1.82) is 5.26 Å². The van der Waals surface area contributed by atoms with Crippen LogP contribution in [0.4, 0.5) is 0 Å². The van der Waals surface area contributed by atoms with Crippen LogP contribution in [0.1, 0.15) is 15.9 Å². The molecule has 1 heterocycles. The number of carbonyl (C=O) groups excluding carboxylic acids is 1. The summed E-state index contributed by atoms with van der Waals surface area (Å²) in [7, 11) is 0. The van der Waals surface area contributed by atoms with Gasteiger partial charge in [-0.25, -0.2) is 0 Å². The van der Waals surface area contributed by atoms with E-state index in [1.54, 1.807) is 29.1 Å². The third-order valence-corrected chi connectivity index (χ3v) is 3.42. The summed E-state index contributed by atoms with van der Waals surface area (Å²) in [5.74, 6) is 0.0514. The van der Waals surface area contributed by atoms with E-state index in [0.717, 1.165) is 10.8 Å². The number of benzene rings is 2. The van der Waals surface area contributed by atoms with Crippen molar-refractivity contribution in [3.63, 3.8) is 0 Å². The normalized spacial score (nSPS) is 9.77. The molecule has 2 aromatic carbocycles. The van der Waals surface area contributed by atoms with Crippen LogP contribution in [0.25, 0.3) is 10.8 Å². The summed E-state index contributed by atoms with van der Waals surface area (Å²) in [4.78, 5) is 12.3. The molecule has 0 radical (unpaired) electrons. The second kappa shape index (κ2) is 6.97. The van der Waals surface area contributed by atoms with Crippen molar-refractivity contribution in [3.05, 3.63) is 78.1 Å². The molecule has 1 aromatic heterocycles. The van der Waals surface area contributed by atoms with Crippen LogP contribution in [0, 0.1) is 11.3 Å². The lowest BCUT2D eigenvalue weighted by Crippen LogP contribution is -2.37. The lowest BCUT2D eigenvalue weighted by Gasteiger charge is -2.01. The quantitative estimate of drug-likeness (QED) is 0.534. The summed E-state index contributed by atoms with van der Waals surface area (Å²) in [6, 6.07) is 19.2. The van der Waals surface area contributed by atoms with E-state index in [-0.39, 0.29) is 29.3 Å². The first-order valence-electron chi connectivity index (χ1n) is 6.67. The number of hydrogen-bond acceptors (Lipinski definition) is 2. The molecular weight excluding hydrogens is 340 g/mol. The number of nitriles is 1. The lowest BCUT2D eigenvalue weighted by molar-refractivity contribution is -0.683. The number of carbonyl (C=O) groups is 1. The molecule has 0 fully saturated rings. The highest BCUT2D eigenvalue weighted by atomic mass is 79.9. The van der Waals surface area contributed by atoms with Gasteiger partial charge in [0, 0.05) is 17.7 Å². The molecule has 0 saturated carbocycles. The van der Waals surface area contributed by atoms with Gasteiger partial charge in [-0.2, -0.15) is 9.83 Å². The molecule has 3 nitrogen and oxygen atoms in total. The fourth-order valence-corrected chi connectivity index (χ4v) is 2.26. The van der Waals surface area contributed by atoms with Crippen molar-refractivity contribution >= 4 is 33.5 Å². The number of rotatable bonds is 3. The van der Waals surface area contributed by atoms with Crippen LogP contribution >= 0.6 is 17.0 Å². The lowest BCUT2D eigenvalue weighted by atomic mass is 10.0. The van der Waals surface area contributed by atoms with Crippen LogP contribution in [-0.2, 0) is 6.54 Å². The summed E-state index contributed by atoms with van der Waals surface area (Å²) in [5.41, 5.74) is 1.29. The van der Waals surface area contributed by atoms with Crippen LogP contribution in [0.3, 0.4) is 0 Å². The topological polar surface area (TPSA) is 44.7 Å². The molecule has 0 N–H and O–H groups in total. The Hall–Kier alpha value is -2.51. The van der Waals surface area contributed by atoms with Crippen LogP contribution in [0.15, 0.2) is 67.0 Å². The van der Waals surface area contributed by atoms with Crippen LogP contribution in [0.2, 0.25) is 0 Å². The minimum absolute atomic E-state index is 0. The average Bonchev–Trinajstić information content (AvgIpc) is 2.55. The van der Waals surface area contributed by atoms with Gasteiger partial charge in [0.25, 0.3) is 0 Å². The number of fused-ring (bicyclic) bond motifs is 1. The SMILES string of the molecule is Br.N#Cc1cc[n+](CC(=O)c2ccc3ccccc3c2)cc1. The van der Waals surface area contributed by atoms with Gasteiger partial charge in [-0.15, -0.1) is 17.0 Å². The highest BCUT2D eigenvalue weighted by molar-refractivity contribution is 8.93. The van der Waals surface area contributed by atoms with Crippen LogP contribution < -0.4 is 4.57 Å². The first-order chi connectivity index (χ1) is 10.3. The average molecular weight is 354 g/mol. The van der Waals surface area contributed by atoms with Gasteiger partial charge in [-0.1, -0.05) is 36.4 Å². The second-order valence-corrected chi connectivity index (χ2v) is 4.86. The third-order valence-electron chi connectivity index (χ3n) is 3.42. The summed E-state index contributed by atoms with van der Waals surface area (Å²) in [6.45, 7) is 0.268. The molecule has 0 unspecified atom stereocenters. The second-order valence-electron chi connectivity index (χ2n) is 4.86. The maximum absolute atomic E-state index is 12.3. The zero-order valence-electron chi connectivity index (χ0n) is 11.8. The van der Waals surface area contributed by atoms with E-state index in [2.05, 4.69) is 6.07 Å². The van der Waals surface area contributed by atoms with E-state index < -0.39 is 0 Å². The molecule has 0 spiro atoms. The van der Waals surface area contributed by atoms with Crippen molar-refractivity contribution in [1.82, 2.24) is 0 Å². The number of nitrogens with zero attached hydrogens (tertiary/aromatic N) is 2. The zero-order chi connectivity index (χ0) is 14.7. The molecule has 0 bridgehead atoms. The first-order valence-corrected chi connectivity index (χ1v) is 6.67. The van der Waals surface area contributed by atoms with Gasteiger partial charge in [0.2, 0.25) is 12.3 Å². The highest BCUT2D eigenvalue weighted by Gasteiger charge is 2.12. The van der Waals surface area contributed by atoms with Gasteiger partial charge in [0.15, 0.2) is 12.4 Å². The summed E-state index contributed by atoms with van der Waals surface area (Å²) < 4.78 is 1.78. The molecule has 0 amide bonds. The van der Waals surface area contributed by atoms with E-state index >= 15 is 0 Å². The van der Waals surface area contributed by atoms with Crippen molar-refractivity contribution < 1.29 is 9.36 Å². The van der Waals surface area contributed by atoms with Gasteiger partial charge in [-0.05, 0) is 16.8 Å². The highest BCUT2D eigenvalue weighted by Crippen LogP contribution is 2.15.